The van der Waals surface area contributed by atoms with Crippen molar-refractivity contribution in [3.8, 4) is 0 Å². The SMILES string of the molecule is CCC(C)C(NC(=O)C(C)N)C(=O)NC(C(=O)NC(Cc1ccccc1)C(=O)O)C(C)O. The topological polar surface area (TPSA) is 171 Å². The summed E-state index contributed by atoms with van der Waals surface area (Å²) in [6.45, 7) is 6.37. The number of benzene rings is 1. The van der Waals surface area contributed by atoms with E-state index in [0.717, 1.165) is 0 Å². The van der Waals surface area contributed by atoms with Crippen molar-refractivity contribution in [2.24, 2.45) is 11.7 Å². The van der Waals surface area contributed by atoms with E-state index in [0.29, 0.717) is 12.0 Å². The summed E-state index contributed by atoms with van der Waals surface area (Å²) < 4.78 is 0. The van der Waals surface area contributed by atoms with E-state index < -0.39 is 54.0 Å². The van der Waals surface area contributed by atoms with Crippen LogP contribution in [0, 0.1) is 5.92 Å². The molecule has 0 aromatic heterocycles. The zero-order chi connectivity index (χ0) is 24.4. The van der Waals surface area contributed by atoms with Crippen molar-refractivity contribution in [1.29, 1.82) is 0 Å². The number of nitrogens with one attached hydrogen (secondary N) is 3. The van der Waals surface area contributed by atoms with Crippen LogP contribution >= 0.6 is 0 Å². The summed E-state index contributed by atoms with van der Waals surface area (Å²) in [5.41, 5.74) is 6.27. The van der Waals surface area contributed by atoms with Gasteiger partial charge in [-0.25, -0.2) is 4.79 Å². The fraction of sp³-hybridized carbons (Fsp3) is 0.545. The van der Waals surface area contributed by atoms with Gasteiger partial charge in [-0.15, -0.1) is 0 Å². The molecule has 0 saturated carbocycles. The highest BCUT2D eigenvalue weighted by Crippen LogP contribution is 2.10. The predicted molar refractivity (Wildman–Crippen MR) is 118 cm³/mol. The van der Waals surface area contributed by atoms with E-state index in [-0.39, 0.29) is 12.3 Å². The van der Waals surface area contributed by atoms with Gasteiger partial charge >= 0.3 is 5.97 Å². The molecule has 3 amide bonds. The Morgan fingerprint density at radius 3 is 1.91 bits per heavy atom. The molecule has 0 aliphatic rings. The van der Waals surface area contributed by atoms with E-state index in [4.69, 9.17) is 5.73 Å². The van der Waals surface area contributed by atoms with Gasteiger partial charge in [0.2, 0.25) is 17.7 Å². The van der Waals surface area contributed by atoms with Crippen LogP contribution in [-0.4, -0.2) is 64.2 Å². The van der Waals surface area contributed by atoms with E-state index in [1.165, 1.54) is 13.8 Å². The average Bonchev–Trinajstić information content (AvgIpc) is 2.74. The number of aliphatic carboxylic acids is 1. The number of aliphatic hydroxyl groups is 1. The lowest BCUT2D eigenvalue weighted by Gasteiger charge is -2.28. The first-order valence-corrected chi connectivity index (χ1v) is 10.6. The molecule has 0 saturated heterocycles. The number of hydrogen-bond acceptors (Lipinski definition) is 6. The van der Waals surface area contributed by atoms with Gasteiger partial charge < -0.3 is 31.9 Å². The molecule has 178 valence electrons. The Kier molecular flexibility index (Phi) is 10.8. The van der Waals surface area contributed by atoms with Crippen molar-refractivity contribution >= 4 is 23.7 Å². The molecule has 6 unspecified atom stereocenters. The molecule has 32 heavy (non-hydrogen) atoms. The van der Waals surface area contributed by atoms with Crippen LogP contribution in [0.25, 0.3) is 0 Å². The van der Waals surface area contributed by atoms with Crippen molar-refractivity contribution in [3.63, 3.8) is 0 Å². The van der Waals surface area contributed by atoms with Gasteiger partial charge in [-0.2, -0.15) is 0 Å². The molecule has 0 fully saturated rings. The third-order valence-corrected chi connectivity index (χ3v) is 5.17. The van der Waals surface area contributed by atoms with Gasteiger partial charge in [-0.1, -0.05) is 50.6 Å². The van der Waals surface area contributed by atoms with Gasteiger partial charge in [0.25, 0.3) is 0 Å². The molecule has 10 heteroatoms. The number of amides is 3. The van der Waals surface area contributed by atoms with Crippen molar-refractivity contribution in [2.75, 3.05) is 0 Å². The van der Waals surface area contributed by atoms with Crippen LogP contribution in [0.15, 0.2) is 30.3 Å². The Labute approximate surface area is 187 Å². The van der Waals surface area contributed by atoms with E-state index in [2.05, 4.69) is 16.0 Å². The second-order valence-corrected chi connectivity index (χ2v) is 7.98. The normalized spacial score (nSPS) is 16.6. The maximum absolute atomic E-state index is 12.9. The molecule has 7 N–H and O–H groups in total. The Hall–Kier alpha value is -2.98. The van der Waals surface area contributed by atoms with Gasteiger partial charge in [0.1, 0.15) is 18.1 Å². The Bertz CT molecular complexity index is 784. The first kappa shape index (κ1) is 27.1. The number of carboxylic acid groups (broad SMARTS) is 1. The molecule has 0 aliphatic carbocycles. The summed E-state index contributed by atoms with van der Waals surface area (Å²) in [6.07, 6.45) is -0.726. The smallest absolute Gasteiger partial charge is 0.326 e. The lowest BCUT2D eigenvalue weighted by Crippen LogP contribution is -2.61. The second-order valence-electron chi connectivity index (χ2n) is 7.98. The van der Waals surface area contributed by atoms with Crippen LogP contribution in [-0.2, 0) is 25.6 Å². The van der Waals surface area contributed by atoms with Crippen LogP contribution in [0.3, 0.4) is 0 Å². The van der Waals surface area contributed by atoms with Crippen molar-refractivity contribution < 1.29 is 29.4 Å². The van der Waals surface area contributed by atoms with Crippen molar-refractivity contribution in [3.05, 3.63) is 35.9 Å². The lowest BCUT2D eigenvalue weighted by atomic mass is 9.97. The summed E-state index contributed by atoms with van der Waals surface area (Å²) in [5, 5.41) is 27.0. The molecule has 1 aromatic carbocycles. The number of nitrogens with two attached hydrogens (primary N) is 1. The molecular weight excluding hydrogens is 416 g/mol. The van der Waals surface area contributed by atoms with Crippen LogP contribution in [0.5, 0.6) is 0 Å². The standard InChI is InChI=1S/C22H34N4O6/c1-5-12(2)17(25-19(28)13(3)23)20(29)26-18(14(4)27)21(30)24-16(22(31)32)11-15-9-7-6-8-10-15/h6-10,12-14,16-18,27H,5,11,23H2,1-4H3,(H,24,30)(H,25,28)(H,26,29)(H,31,32). The minimum Gasteiger partial charge on any atom is -0.480 e. The molecule has 0 spiro atoms. The number of rotatable bonds is 12. The van der Waals surface area contributed by atoms with Crippen LogP contribution in [0.2, 0.25) is 0 Å². The summed E-state index contributed by atoms with van der Waals surface area (Å²) >= 11 is 0. The number of aliphatic hydroxyl groups excluding tert-OH is 1. The van der Waals surface area contributed by atoms with E-state index in [1.54, 1.807) is 37.3 Å². The number of hydrogen-bond donors (Lipinski definition) is 6. The molecule has 1 rings (SSSR count). The van der Waals surface area contributed by atoms with Crippen molar-refractivity contribution in [1.82, 2.24) is 16.0 Å². The second kappa shape index (κ2) is 12.8. The Balaban J connectivity index is 2.96. The maximum atomic E-state index is 12.9. The van der Waals surface area contributed by atoms with Gasteiger partial charge in [0.05, 0.1) is 12.1 Å². The molecule has 0 bridgehead atoms. The van der Waals surface area contributed by atoms with E-state index in [9.17, 15) is 29.4 Å². The molecule has 0 heterocycles. The number of carboxylic acids is 1. The zero-order valence-electron chi connectivity index (χ0n) is 18.9. The van der Waals surface area contributed by atoms with E-state index >= 15 is 0 Å². The van der Waals surface area contributed by atoms with Gasteiger partial charge in [0.15, 0.2) is 0 Å². The molecular formula is C22H34N4O6. The third-order valence-electron chi connectivity index (χ3n) is 5.17. The number of carbonyl (C=O) groups is 4. The fourth-order valence-electron chi connectivity index (χ4n) is 2.95. The molecule has 0 radical (unpaired) electrons. The predicted octanol–water partition coefficient (Wildman–Crippen LogP) is -0.458. The maximum Gasteiger partial charge on any atom is 0.326 e. The minimum absolute atomic E-state index is 0.0301. The minimum atomic E-state index is -1.42. The molecule has 6 atom stereocenters. The summed E-state index contributed by atoms with van der Waals surface area (Å²) in [4.78, 5) is 49.3. The summed E-state index contributed by atoms with van der Waals surface area (Å²) in [5.74, 6) is -3.58. The van der Waals surface area contributed by atoms with E-state index in [1.807, 2.05) is 6.92 Å². The van der Waals surface area contributed by atoms with Crippen LogP contribution in [0.1, 0.15) is 39.7 Å². The largest absolute Gasteiger partial charge is 0.480 e. The first-order valence-electron chi connectivity index (χ1n) is 10.6. The summed E-state index contributed by atoms with van der Waals surface area (Å²) in [6, 6.07) is 4.26. The van der Waals surface area contributed by atoms with Crippen LogP contribution < -0.4 is 21.7 Å². The number of carbonyl (C=O) groups excluding carboxylic acids is 3. The quantitative estimate of drug-likeness (QED) is 0.250. The van der Waals surface area contributed by atoms with Crippen LogP contribution in [0.4, 0.5) is 0 Å². The molecule has 0 aliphatic heterocycles. The monoisotopic (exact) mass is 450 g/mol. The lowest BCUT2D eigenvalue weighted by molar-refractivity contribution is -0.143. The Morgan fingerprint density at radius 2 is 1.44 bits per heavy atom. The summed E-state index contributed by atoms with van der Waals surface area (Å²) in [7, 11) is 0. The van der Waals surface area contributed by atoms with Gasteiger partial charge in [-0.3, -0.25) is 14.4 Å². The van der Waals surface area contributed by atoms with Gasteiger partial charge in [0, 0.05) is 6.42 Å². The highest BCUT2D eigenvalue weighted by molar-refractivity contribution is 5.94. The van der Waals surface area contributed by atoms with Gasteiger partial charge in [-0.05, 0) is 25.3 Å². The molecule has 1 aromatic rings. The molecule has 10 nitrogen and oxygen atoms in total. The third kappa shape index (κ3) is 8.27. The highest BCUT2D eigenvalue weighted by Gasteiger charge is 2.34. The Morgan fingerprint density at radius 1 is 0.906 bits per heavy atom. The first-order chi connectivity index (χ1) is 15.0. The fourth-order valence-corrected chi connectivity index (χ4v) is 2.95. The zero-order valence-corrected chi connectivity index (χ0v) is 18.9. The highest BCUT2D eigenvalue weighted by atomic mass is 16.4. The average molecular weight is 451 g/mol. The van der Waals surface area contributed by atoms with Crippen molar-refractivity contribution in [2.45, 2.75) is 70.8 Å².